The number of sulfonamides is 1. The van der Waals surface area contributed by atoms with E-state index in [9.17, 15) is 13.5 Å². The molecule has 0 bridgehead atoms. The molecule has 0 aliphatic carbocycles. The van der Waals surface area contributed by atoms with Crippen molar-refractivity contribution in [3.05, 3.63) is 23.8 Å². The predicted molar refractivity (Wildman–Crippen MR) is 108 cm³/mol. The van der Waals surface area contributed by atoms with Crippen molar-refractivity contribution in [2.75, 3.05) is 30.6 Å². The first-order valence-corrected chi connectivity index (χ1v) is 11.9. The van der Waals surface area contributed by atoms with E-state index < -0.39 is 16.1 Å². The van der Waals surface area contributed by atoms with E-state index in [0.29, 0.717) is 23.4 Å². The topological polar surface area (TPSA) is 78.9 Å². The van der Waals surface area contributed by atoms with E-state index >= 15 is 0 Å². The average molecular weight is 397 g/mol. The van der Waals surface area contributed by atoms with Crippen LogP contribution in [0.25, 0.3) is 0 Å². The fourth-order valence-corrected chi connectivity index (χ4v) is 4.72. The molecule has 1 unspecified atom stereocenters. The second-order valence-corrected chi connectivity index (χ2v) is 9.78. The first-order chi connectivity index (χ1) is 12.8. The lowest BCUT2D eigenvalue weighted by Crippen LogP contribution is -2.50. The number of anilines is 1. The van der Waals surface area contributed by atoms with Crippen LogP contribution < -0.4 is 9.46 Å². The predicted octanol–water partition coefficient (Wildman–Crippen LogP) is 3.29. The Morgan fingerprint density at radius 2 is 2.00 bits per heavy atom. The lowest BCUT2D eigenvalue weighted by atomic mass is 9.81. The molecular weight excluding hydrogens is 364 g/mol. The number of piperidine rings is 1. The fourth-order valence-electron chi connectivity index (χ4n) is 4.17. The summed E-state index contributed by atoms with van der Waals surface area (Å²) < 4.78 is 31.6. The third kappa shape index (κ3) is 5.36. The molecule has 152 valence electrons. The van der Waals surface area contributed by atoms with Gasteiger partial charge in [-0.25, -0.2) is 8.42 Å². The quantitative estimate of drug-likeness (QED) is 0.692. The lowest BCUT2D eigenvalue weighted by Gasteiger charge is -2.46. The smallest absolute Gasteiger partial charge is 0.229 e. The van der Waals surface area contributed by atoms with Gasteiger partial charge >= 0.3 is 0 Å². The standard InChI is InChI=1S/C20H32N2O4S/c1-3-4-5-6-11-22-12-9-20(10-13-22)15-18(23)17-14-16(21-27(2,24)25)7-8-19(17)26-20/h7-8,14,18,21,23H,3-6,9-13,15H2,1-2H3. The van der Waals surface area contributed by atoms with Crippen LogP contribution in [-0.2, 0) is 10.0 Å². The molecule has 2 aliphatic rings. The Hall–Kier alpha value is -1.31. The Balaban J connectivity index is 1.62. The van der Waals surface area contributed by atoms with Gasteiger partial charge in [0.15, 0.2) is 0 Å². The summed E-state index contributed by atoms with van der Waals surface area (Å²) in [5.41, 5.74) is 0.811. The van der Waals surface area contributed by atoms with Gasteiger partial charge in [-0.2, -0.15) is 0 Å². The van der Waals surface area contributed by atoms with Crippen LogP contribution in [0.4, 0.5) is 5.69 Å². The number of unbranched alkanes of at least 4 members (excludes halogenated alkanes) is 3. The van der Waals surface area contributed by atoms with Crippen molar-refractivity contribution in [3.63, 3.8) is 0 Å². The third-order valence-electron chi connectivity index (χ3n) is 5.66. The molecule has 3 rings (SSSR count). The van der Waals surface area contributed by atoms with Gasteiger partial charge in [-0.1, -0.05) is 26.2 Å². The van der Waals surface area contributed by atoms with Gasteiger partial charge in [-0.15, -0.1) is 0 Å². The van der Waals surface area contributed by atoms with Gasteiger partial charge in [0, 0.05) is 30.8 Å². The minimum Gasteiger partial charge on any atom is -0.487 e. The minimum atomic E-state index is -3.34. The van der Waals surface area contributed by atoms with Crippen LogP contribution in [0.1, 0.15) is 63.5 Å². The van der Waals surface area contributed by atoms with Crippen LogP contribution >= 0.6 is 0 Å². The molecule has 0 saturated carbocycles. The molecule has 0 aromatic heterocycles. The number of nitrogens with zero attached hydrogens (tertiary/aromatic N) is 1. The number of fused-ring (bicyclic) bond motifs is 1. The Bertz CT molecular complexity index is 742. The summed E-state index contributed by atoms with van der Waals surface area (Å²) >= 11 is 0. The van der Waals surface area contributed by atoms with E-state index in [2.05, 4.69) is 16.5 Å². The van der Waals surface area contributed by atoms with Gasteiger partial charge in [0.05, 0.1) is 12.4 Å². The molecule has 2 N–H and O–H groups in total. The summed E-state index contributed by atoms with van der Waals surface area (Å²) in [6.45, 7) is 5.38. The normalized spacial score (nSPS) is 22.3. The molecule has 2 heterocycles. The number of hydrogen-bond donors (Lipinski definition) is 2. The molecule has 1 saturated heterocycles. The van der Waals surface area contributed by atoms with Gasteiger partial charge in [0.1, 0.15) is 11.4 Å². The van der Waals surface area contributed by atoms with Crippen molar-refractivity contribution < 1.29 is 18.3 Å². The van der Waals surface area contributed by atoms with E-state index in [-0.39, 0.29) is 5.60 Å². The highest BCUT2D eigenvalue weighted by molar-refractivity contribution is 7.92. The zero-order valence-electron chi connectivity index (χ0n) is 16.4. The maximum absolute atomic E-state index is 11.4. The van der Waals surface area contributed by atoms with Gasteiger partial charge < -0.3 is 14.7 Å². The van der Waals surface area contributed by atoms with Crippen LogP contribution in [0.3, 0.4) is 0 Å². The summed E-state index contributed by atoms with van der Waals surface area (Å²) in [6.07, 6.45) is 7.99. The van der Waals surface area contributed by atoms with E-state index in [1.54, 1.807) is 18.2 Å². The maximum atomic E-state index is 11.4. The average Bonchev–Trinajstić information content (AvgIpc) is 2.60. The first kappa shape index (κ1) is 20.4. The van der Waals surface area contributed by atoms with Crippen LogP contribution in [0.15, 0.2) is 18.2 Å². The molecule has 6 nitrogen and oxygen atoms in total. The maximum Gasteiger partial charge on any atom is 0.229 e. The zero-order chi connectivity index (χ0) is 19.5. The van der Waals surface area contributed by atoms with Crippen molar-refractivity contribution in [1.29, 1.82) is 0 Å². The molecule has 1 atom stereocenters. The van der Waals surface area contributed by atoms with Gasteiger partial charge in [0.25, 0.3) is 0 Å². The largest absolute Gasteiger partial charge is 0.487 e. The highest BCUT2D eigenvalue weighted by atomic mass is 32.2. The third-order valence-corrected chi connectivity index (χ3v) is 6.27. The minimum absolute atomic E-state index is 0.307. The molecule has 2 aliphatic heterocycles. The Morgan fingerprint density at radius 3 is 2.67 bits per heavy atom. The lowest BCUT2D eigenvalue weighted by molar-refractivity contribution is -0.0539. The van der Waals surface area contributed by atoms with Crippen LogP contribution in [0.5, 0.6) is 5.75 Å². The van der Waals surface area contributed by atoms with Crippen molar-refractivity contribution in [1.82, 2.24) is 4.90 Å². The number of benzene rings is 1. The first-order valence-electron chi connectivity index (χ1n) is 10.0. The van der Waals surface area contributed by atoms with Crippen LogP contribution in [0.2, 0.25) is 0 Å². The van der Waals surface area contributed by atoms with Crippen LogP contribution in [-0.4, -0.2) is 49.9 Å². The summed E-state index contributed by atoms with van der Waals surface area (Å²) in [6, 6.07) is 5.13. The Labute approximate surface area is 163 Å². The number of aliphatic hydroxyl groups excluding tert-OH is 1. The molecule has 1 spiro atoms. The summed E-state index contributed by atoms with van der Waals surface area (Å²) in [5.74, 6) is 0.671. The highest BCUT2D eigenvalue weighted by Gasteiger charge is 2.42. The number of rotatable bonds is 7. The highest BCUT2D eigenvalue weighted by Crippen LogP contribution is 2.45. The zero-order valence-corrected chi connectivity index (χ0v) is 17.2. The van der Waals surface area contributed by atoms with Gasteiger partial charge in [0.2, 0.25) is 10.0 Å². The molecule has 27 heavy (non-hydrogen) atoms. The van der Waals surface area contributed by atoms with Gasteiger partial charge in [-0.3, -0.25) is 4.72 Å². The monoisotopic (exact) mass is 396 g/mol. The SMILES string of the molecule is CCCCCCN1CCC2(CC1)CC(O)c1cc(NS(C)(=O)=O)ccc1O2. The molecule has 1 fully saturated rings. The number of ether oxygens (including phenoxy) is 1. The molecule has 1 aromatic rings. The summed E-state index contributed by atoms with van der Waals surface area (Å²) in [4.78, 5) is 2.51. The molecule has 0 amide bonds. The van der Waals surface area contributed by atoms with E-state index in [4.69, 9.17) is 4.74 Å². The van der Waals surface area contributed by atoms with E-state index in [0.717, 1.165) is 38.7 Å². The number of nitrogens with one attached hydrogen (secondary N) is 1. The van der Waals surface area contributed by atoms with Crippen molar-refractivity contribution in [2.24, 2.45) is 0 Å². The second-order valence-electron chi connectivity index (χ2n) is 8.03. The summed E-state index contributed by atoms with van der Waals surface area (Å²) in [7, 11) is -3.34. The number of hydrogen-bond acceptors (Lipinski definition) is 5. The van der Waals surface area contributed by atoms with Crippen molar-refractivity contribution >= 4 is 15.7 Å². The molecule has 7 heteroatoms. The Morgan fingerprint density at radius 1 is 1.26 bits per heavy atom. The molecule has 1 aromatic carbocycles. The van der Waals surface area contributed by atoms with E-state index in [1.807, 2.05) is 0 Å². The summed E-state index contributed by atoms with van der Waals surface area (Å²) in [5, 5.41) is 10.7. The molecular formula is C20H32N2O4S. The molecule has 0 radical (unpaired) electrons. The number of aliphatic hydroxyl groups is 1. The fraction of sp³-hybridized carbons (Fsp3) is 0.700. The van der Waals surface area contributed by atoms with Crippen LogP contribution in [0, 0.1) is 0 Å². The number of likely N-dealkylation sites (tertiary alicyclic amines) is 1. The van der Waals surface area contributed by atoms with E-state index in [1.165, 1.54) is 25.7 Å². The van der Waals surface area contributed by atoms with Crippen molar-refractivity contribution in [3.8, 4) is 5.75 Å². The van der Waals surface area contributed by atoms with Gasteiger partial charge in [-0.05, 0) is 44.0 Å². The Kier molecular flexibility index (Phi) is 6.33. The van der Waals surface area contributed by atoms with Crippen molar-refractivity contribution in [2.45, 2.75) is 63.6 Å². The second kappa shape index (κ2) is 8.37.